The van der Waals surface area contributed by atoms with Crippen molar-refractivity contribution in [1.29, 1.82) is 0 Å². The summed E-state index contributed by atoms with van der Waals surface area (Å²) in [5.74, 6) is 6.35. The van der Waals surface area contributed by atoms with Crippen molar-refractivity contribution in [2.24, 2.45) is 5.84 Å². The number of nitrogens with zero attached hydrogens (tertiary/aromatic N) is 2. The largest absolute Gasteiger partial charge is 0.489 e. The Morgan fingerprint density at radius 2 is 2.00 bits per heavy atom. The molecule has 1 atom stereocenters. The summed E-state index contributed by atoms with van der Waals surface area (Å²) in [6, 6.07) is 5.29. The van der Waals surface area contributed by atoms with Gasteiger partial charge in [0, 0.05) is 12.4 Å². The highest BCUT2D eigenvalue weighted by Crippen LogP contribution is 2.24. The van der Waals surface area contributed by atoms with Crippen LogP contribution in [0.1, 0.15) is 31.0 Å². The average Bonchev–Trinajstić information content (AvgIpc) is 2.41. The second-order valence-corrected chi connectivity index (χ2v) is 5.02. The molecule has 2 rings (SSSR count). The summed E-state index contributed by atoms with van der Waals surface area (Å²) in [4.78, 5) is 8.25. The molecule has 0 saturated carbocycles. The van der Waals surface area contributed by atoms with Gasteiger partial charge in [0.15, 0.2) is 0 Å². The molecule has 20 heavy (non-hydrogen) atoms. The molecule has 106 valence electrons. The monoisotopic (exact) mass is 292 g/mol. The molecule has 2 heterocycles. The summed E-state index contributed by atoms with van der Waals surface area (Å²) in [5.41, 5.74) is 4.56. The minimum atomic E-state index is -0.219. The van der Waals surface area contributed by atoms with Crippen LogP contribution in [0.4, 0.5) is 0 Å². The molecule has 0 spiro atoms. The van der Waals surface area contributed by atoms with Crippen LogP contribution in [0.5, 0.6) is 5.75 Å². The number of nitrogens with one attached hydrogen (secondary N) is 1. The molecule has 0 aliphatic rings. The molecule has 2 aromatic heterocycles. The first-order chi connectivity index (χ1) is 9.60. The van der Waals surface area contributed by atoms with E-state index in [1.165, 1.54) is 0 Å². The highest BCUT2D eigenvalue weighted by molar-refractivity contribution is 6.29. The van der Waals surface area contributed by atoms with Gasteiger partial charge >= 0.3 is 0 Å². The zero-order chi connectivity index (χ0) is 14.5. The smallest absolute Gasteiger partial charge is 0.138 e. The molecule has 0 aliphatic heterocycles. The molecular weight excluding hydrogens is 276 g/mol. The number of ether oxygens (including phenoxy) is 1. The van der Waals surface area contributed by atoms with Gasteiger partial charge < -0.3 is 4.74 Å². The Morgan fingerprint density at radius 3 is 2.60 bits per heavy atom. The number of hydrazine groups is 1. The molecule has 3 N–H and O–H groups in total. The standard InChI is InChI=1S/C14H17ClN4O/c1-9(2)20-12-5-11(6-17-8-12)14(19-16)10-3-4-13(15)18-7-10/h3-9,14,19H,16H2,1-2H3. The second kappa shape index (κ2) is 6.65. The minimum Gasteiger partial charge on any atom is -0.489 e. The number of aromatic nitrogens is 2. The van der Waals surface area contributed by atoms with Gasteiger partial charge in [0.25, 0.3) is 0 Å². The van der Waals surface area contributed by atoms with Gasteiger partial charge in [-0.2, -0.15) is 0 Å². The van der Waals surface area contributed by atoms with Crippen molar-refractivity contribution in [2.45, 2.75) is 26.0 Å². The van der Waals surface area contributed by atoms with Crippen molar-refractivity contribution in [3.05, 3.63) is 53.1 Å². The fourth-order valence-electron chi connectivity index (χ4n) is 1.87. The van der Waals surface area contributed by atoms with E-state index in [2.05, 4.69) is 15.4 Å². The molecule has 0 amide bonds. The molecule has 6 heteroatoms. The van der Waals surface area contributed by atoms with E-state index in [-0.39, 0.29) is 12.1 Å². The van der Waals surface area contributed by atoms with Crippen LogP contribution in [0.3, 0.4) is 0 Å². The zero-order valence-corrected chi connectivity index (χ0v) is 12.1. The Balaban J connectivity index is 2.29. The number of hydrogen-bond donors (Lipinski definition) is 2. The molecule has 2 aromatic rings. The minimum absolute atomic E-state index is 0.0912. The van der Waals surface area contributed by atoms with Crippen LogP contribution in [0.2, 0.25) is 5.15 Å². The van der Waals surface area contributed by atoms with Crippen molar-refractivity contribution < 1.29 is 4.74 Å². The van der Waals surface area contributed by atoms with Gasteiger partial charge in [-0.3, -0.25) is 10.8 Å². The molecular formula is C14H17ClN4O. The maximum absolute atomic E-state index is 5.79. The van der Waals surface area contributed by atoms with Gasteiger partial charge in [-0.1, -0.05) is 17.7 Å². The Hall–Kier alpha value is -1.69. The average molecular weight is 293 g/mol. The number of pyridine rings is 2. The Morgan fingerprint density at radius 1 is 1.20 bits per heavy atom. The Bertz CT molecular complexity index is 559. The quantitative estimate of drug-likeness (QED) is 0.503. The Kier molecular flexibility index (Phi) is 4.89. The first-order valence-electron chi connectivity index (χ1n) is 6.29. The summed E-state index contributed by atoms with van der Waals surface area (Å²) in [7, 11) is 0. The van der Waals surface area contributed by atoms with Crippen LogP contribution < -0.4 is 16.0 Å². The normalized spacial score (nSPS) is 12.4. The van der Waals surface area contributed by atoms with Crippen molar-refractivity contribution >= 4 is 11.6 Å². The molecule has 0 bridgehead atoms. The lowest BCUT2D eigenvalue weighted by Gasteiger charge is -2.17. The maximum atomic E-state index is 5.79. The van der Waals surface area contributed by atoms with Gasteiger partial charge in [-0.25, -0.2) is 10.4 Å². The number of nitrogens with two attached hydrogens (primary N) is 1. The molecule has 0 aliphatic carbocycles. The molecule has 1 unspecified atom stereocenters. The van der Waals surface area contributed by atoms with Gasteiger partial charge in [-0.15, -0.1) is 0 Å². The lowest BCUT2D eigenvalue weighted by Crippen LogP contribution is -2.29. The number of rotatable bonds is 5. The topological polar surface area (TPSA) is 73.1 Å². The van der Waals surface area contributed by atoms with E-state index >= 15 is 0 Å². The van der Waals surface area contributed by atoms with Crippen LogP contribution in [-0.4, -0.2) is 16.1 Å². The molecule has 0 radical (unpaired) electrons. The van der Waals surface area contributed by atoms with E-state index in [0.717, 1.165) is 11.1 Å². The summed E-state index contributed by atoms with van der Waals surface area (Å²) in [5, 5.41) is 0.444. The van der Waals surface area contributed by atoms with Crippen molar-refractivity contribution in [3.63, 3.8) is 0 Å². The predicted molar refractivity (Wildman–Crippen MR) is 78.4 cm³/mol. The summed E-state index contributed by atoms with van der Waals surface area (Å²) in [6.07, 6.45) is 5.19. The third-order valence-corrected chi connectivity index (χ3v) is 2.91. The molecule has 0 fully saturated rings. The van der Waals surface area contributed by atoms with Crippen molar-refractivity contribution in [2.75, 3.05) is 0 Å². The van der Waals surface area contributed by atoms with Crippen LogP contribution >= 0.6 is 11.6 Å². The number of halogens is 1. The van der Waals surface area contributed by atoms with Crippen molar-refractivity contribution in [1.82, 2.24) is 15.4 Å². The second-order valence-electron chi connectivity index (χ2n) is 4.63. The first-order valence-corrected chi connectivity index (χ1v) is 6.67. The van der Waals surface area contributed by atoms with Gasteiger partial charge in [0.2, 0.25) is 0 Å². The van der Waals surface area contributed by atoms with E-state index in [1.807, 2.05) is 26.0 Å². The number of hydrogen-bond acceptors (Lipinski definition) is 5. The fraction of sp³-hybridized carbons (Fsp3) is 0.286. The van der Waals surface area contributed by atoms with E-state index in [1.54, 1.807) is 24.7 Å². The third kappa shape index (κ3) is 3.66. The van der Waals surface area contributed by atoms with Crippen molar-refractivity contribution in [3.8, 4) is 5.75 Å². The van der Waals surface area contributed by atoms with E-state index in [0.29, 0.717) is 10.9 Å². The Labute approximate surface area is 123 Å². The third-order valence-electron chi connectivity index (χ3n) is 2.69. The fourth-order valence-corrected chi connectivity index (χ4v) is 1.98. The van der Waals surface area contributed by atoms with E-state index in [4.69, 9.17) is 22.2 Å². The summed E-state index contributed by atoms with van der Waals surface area (Å²) >= 11 is 5.79. The molecule has 0 aromatic carbocycles. The lowest BCUT2D eigenvalue weighted by molar-refractivity contribution is 0.241. The highest BCUT2D eigenvalue weighted by Gasteiger charge is 2.14. The van der Waals surface area contributed by atoms with E-state index < -0.39 is 0 Å². The predicted octanol–water partition coefficient (Wildman–Crippen LogP) is 2.47. The zero-order valence-electron chi connectivity index (χ0n) is 11.4. The molecule has 0 saturated heterocycles. The van der Waals surface area contributed by atoms with Gasteiger partial charge in [0.1, 0.15) is 10.9 Å². The molecule has 5 nitrogen and oxygen atoms in total. The highest BCUT2D eigenvalue weighted by atomic mass is 35.5. The van der Waals surface area contributed by atoms with Crippen LogP contribution in [0.25, 0.3) is 0 Å². The maximum Gasteiger partial charge on any atom is 0.138 e. The van der Waals surface area contributed by atoms with Gasteiger partial charge in [0.05, 0.1) is 18.3 Å². The first kappa shape index (κ1) is 14.7. The summed E-state index contributed by atoms with van der Waals surface area (Å²) in [6.45, 7) is 3.93. The van der Waals surface area contributed by atoms with Gasteiger partial charge in [-0.05, 0) is 37.1 Å². The van der Waals surface area contributed by atoms with Crippen LogP contribution in [0, 0.1) is 0 Å². The lowest BCUT2D eigenvalue weighted by atomic mass is 10.0. The van der Waals surface area contributed by atoms with Crippen LogP contribution in [0.15, 0.2) is 36.8 Å². The van der Waals surface area contributed by atoms with E-state index in [9.17, 15) is 0 Å². The summed E-state index contributed by atoms with van der Waals surface area (Å²) < 4.78 is 5.64. The SMILES string of the molecule is CC(C)Oc1cncc(C(NN)c2ccc(Cl)nc2)c1. The van der Waals surface area contributed by atoms with Crippen LogP contribution in [-0.2, 0) is 0 Å².